The van der Waals surface area contributed by atoms with Gasteiger partial charge in [0.15, 0.2) is 22.9 Å². The Bertz CT molecular complexity index is 1780. The number of aromatic hydroxyl groups is 2. The second kappa shape index (κ2) is 11.5. The maximum Gasteiger partial charge on any atom is 0.294 e. The molecule has 0 heterocycles. The summed E-state index contributed by atoms with van der Waals surface area (Å²) in [5, 5.41) is 64.0. The molecule has 6 atom stereocenters. The van der Waals surface area contributed by atoms with Gasteiger partial charge in [0, 0.05) is 17.6 Å². The molecule has 0 radical (unpaired) electrons. The standard InChI is InChI=1S/C22H24N2O8.C7H8O5S/c1-7-8-5-4-6-9(25)11(8)16(26)12-10(7)17(27)14-15(24(2)3)18(28)13(21(23)31)20(30)22(14,32)19(12)29;1-12-7-3-2-5(4-6(7)8)13(9,10)11/h4-7,10,14-15,17,25-27,30,32H,1-3H3,(H2,23,31);2-4,8H,1H3,(H,9,10,11). The number of likely N-dealkylation sites (N-methyl/N-ethyl adjacent to an activating group) is 1. The van der Waals surface area contributed by atoms with Crippen LogP contribution in [0, 0.1) is 11.8 Å². The van der Waals surface area contributed by atoms with Crippen molar-refractivity contribution in [3.63, 3.8) is 0 Å². The minimum absolute atomic E-state index is 0.0245. The van der Waals surface area contributed by atoms with Crippen LogP contribution >= 0.6 is 0 Å². The summed E-state index contributed by atoms with van der Waals surface area (Å²) < 4.78 is 34.5. The molecule has 6 unspecified atom stereocenters. The highest BCUT2D eigenvalue weighted by molar-refractivity contribution is 7.85. The molecule has 1 fully saturated rings. The molecule has 15 nitrogen and oxygen atoms in total. The molecule has 2 aromatic rings. The van der Waals surface area contributed by atoms with Gasteiger partial charge < -0.3 is 41.1 Å². The number of aliphatic hydroxyl groups is 4. The first-order chi connectivity index (χ1) is 20.8. The van der Waals surface area contributed by atoms with E-state index in [4.69, 9.17) is 15.4 Å². The van der Waals surface area contributed by atoms with E-state index in [1.165, 1.54) is 38.2 Å². The fourth-order valence-corrected chi connectivity index (χ4v) is 6.91. The van der Waals surface area contributed by atoms with E-state index in [0.717, 1.165) is 12.1 Å². The van der Waals surface area contributed by atoms with Crippen molar-refractivity contribution in [1.29, 1.82) is 0 Å². The Hall–Kier alpha value is -4.48. The third-order valence-electron chi connectivity index (χ3n) is 8.44. The molecule has 3 aliphatic rings. The number of nitrogens with two attached hydrogens (primary N) is 1. The zero-order chi connectivity index (χ0) is 33.9. The molecular weight excluding hydrogens is 616 g/mol. The van der Waals surface area contributed by atoms with Crippen molar-refractivity contribution in [2.75, 3.05) is 21.2 Å². The molecular formula is C29H32N2O13S. The van der Waals surface area contributed by atoms with Crippen LogP contribution < -0.4 is 10.5 Å². The number of Topliss-reactive ketones (excluding diaryl/α,β-unsaturated/α-hetero) is 2. The maximum absolute atomic E-state index is 13.7. The number of phenols is 2. The van der Waals surface area contributed by atoms with Gasteiger partial charge in [-0.25, -0.2) is 0 Å². The van der Waals surface area contributed by atoms with Gasteiger partial charge in [-0.2, -0.15) is 8.42 Å². The van der Waals surface area contributed by atoms with Crippen LogP contribution in [0.1, 0.15) is 24.0 Å². The highest BCUT2D eigenvalue weighted by Crippen LogP contribution is 2.55. The SMILES string of the molecule is CC1c2cccc(O)c2C(O)=C2C(=O)C3(O)C(O)=C(C(N)=O)C(=O)C(N(C)C)C3C(O)C21.COc1ccc(S(=O)(=O)O)cc1O. The Morgan fingerprint density at radius 3 is 2.18 bits per heavy atom. The van der Waals surface area contributed by atoms with Crippen molar-refractivity contribution in [2.45, 2.75) is 35.5 Å². The second-order valence-electron chi connectivity index (χ2n) is 11.1. The van der Waals surface area contributed by atoms with Gasteiger partial charge in [0.2, 0.25) is 5.78 Å². The molecule has 5 rings (SSSR count). The van der Waals surface area contributed by atoms with Crippen molar-refractivity contribution in [3.05, 3.63) is 64.4 Å². The first-order valence-corrected chi connectivity index (χ1v) is 14.7. The van der Waals surface area contributed by atoms with Gasteiger partial charge in [0.25, 0.3) is 16.0 Å². The number of ether oxygens (including phenoxy) is 1. The van der Waals surface area contributed by atoms with Crippen LogP contribution in [0.25, 0.3) is 5.76 Å². The Kier molecular flexibility index (Phi) is 8.51. The maximum atomic E-state index is 13.7. The second-order valence-corrected chi connectivity index (χ2v) is 12.5. The molecule has 0 bridgehead atoms. The fourth-order valence-electron chi connectivity index (χ4n) is 6.41. The first-order valence-electron chi connectivity index (χ1n) is 13.3. The monoisotopic (exact) mass is 648 g/mol. The molecule has 3 aliphatic carbocycles. The zero-order valence-corrected chi connectivity index (χ0v) is 25.2. The van der Waals surface area contributed by atoms with E-state index >= 15 is 0 Å². The average molecular weight is 649 g/mol. The van der Waals surface area contributed by atoms with Gasteiger partial charge in [-0.05, 0) is 43.8 Å². The van der Waals surface area contributed by atoms with Crippen LogP contribution in [0.4, 0.5) is 0 Å². The van der Waals surface area contributed by atoms with Crippen LogP contribution in [0.2, 0.25) is 0 Å². The minimum atomic E-state index is -4.27. The van der Waals surface area contributed by atoms with Gasteiger partial charge in [-0.1, -0.05) is 19.1 Å². The van der Waals surface area contributed by atoms with Crippen molar-refractivity contribution in [2.24, 2.45) is 17.6 Å². The molecule has 16 heteroatoms. The fraction of sp³-hybridized carbons (Fsp3) is 0.345. The number of carbonyl (C=O) groups is 3. The third kappa shape index (κ3) is 5.09. The lowest BCUT2D eigenvalue weighted by molar-refractivity contribution is -0.169. The first kappa shape index (κ1) is 33.4. The van der Waals surface area contributed by atoms with E-state index < -0.39 is 85.8 Å². The van der Waals surface area contributed by atoms with Crippen molar-refractivity contribution >= 4 is 33.4 Å². The number of rotatable bonds is 4. The van der Waals surface area contributed by atoms with Crippen molar-refractivity contribution in [1.82, 2.24) is 4.90 Å². The molecule has 0 spiro atoms. The third-order valence-corrected chi connectivity index (χ3v) is 9.29. The number of carbonyl (C=O) groups excluding carboxylic acids is 3. The van der Waals surface area contributed by atoms with Crippen molar-refractivity contribution < 1.29 is 62.7 Å². The number of phenolic OH excluding ortho intramolecular Hbond substituents is 2. The summed E-state index contributed by atoms with van der Waals surface area (Å²) in [7, 11) is -0.0105. The van der Waals surface area contributed by atoms with Gasteiger partial charge in [0.1, 0.15) is 22.8 Å². The molecule has 1 saturated carbocycles. The Morgan fingerprint density at radius 2 is 1.67 bits per heavy atom. The molecule has 0 saturated heterocycles. The predicted octanol–water partition coefficient (Wildman–Crippen LogP) is 0.143. The largest absolute Gasteiger partial charge is 0.508 e. The summed E-state index contributed by atoms with van der Waals surface area (Å²) in [6.07, 6.45) is -1.59. The van der Waals surface area contributed by atoms with E-state index in [9.17, 15) is 48.3 Å². The summed E-state index contributed by atoms with van der Waals surface area (Å²) in [4.78, 5) is 39.6. The highest BCUT2D eigenvalue weighted by atomic mass is 32.2. The topological polar surface area (TPSA) is 265 Å². The number of nitrogens with zero attached hydrogens (tertiary/aromatic N) is 1. The van der Waals surface area contributed by atoms with Crippen LogP contribution in [0.5, 0.6) is 17.2 Å². The number of methoxy groups -OCH3 is 1. The minimum Gasteiger partial charge on any atom is -0.508 e. The van der Waals surface area contributed by atoms with E-state index in [-0.39, 0.29) is 27.7 Å². The molecule has 0 aromatic heterocycles. The molecule has 242 valence electrons. The summed E-state index contributed by atoms with van der Waals surface area (Å²) in [6, 6.07) is 6.42. The van der Waals surface area contributed by atoms with Gasteiger partial charge in [-0.15, -0.1) is 0 Å². The lowest BCUT2D eigenvalue weighted by atomic mass is 9.54. The zero-order valence-electron chi connectivity index (χ0n) is 24.4. The lowest BCUT2D eigenvalue weighted by Gasteiger charge is -2.53. The number of fused-ring (bicyclic) bond motifs is 3. The van der Waals surface area contributed by atoms with Crippen molar-refractivity contribution in [3.8, 4) is 17.2 Å². The Balaban J connectivity index is 0.000000297. The number of primary amides is 1. The Morgan fingerprint density at radius 1 is 1.04 bits per heavy atom. The molecule has 1 amide bonds. The van der Waals surface area contributed by atoms with Crippen LogP contribution in [0.15, 0.2) is 58.2 Å². The molecule has 2 aromatic carbocycles. The van der Waals surface area contributed by atoms with E-state index in [1.807, 2.05) is 0 Å². The van der Waals surface area contributed by atoms with E-state index in [2.05, 4.69) is 4.74 Å². The number of benzene rings is 2. The molecule has 9 N–H and O–H groups in total. The Labute approximate surface area is 256 Å². The molecule has 0 aliphatic heterocycles. The number of aliphatic hydroxyl groups excluding tert-OH is 3. The summed E-state index contributed by atoms with van der Waals surface area (Å²) in [6.45, 7) is 1.68. The van der Waals surface area contributed by atoms with E-state index in [1.54, 1.807) is 19.1 Å². The average Bonchev–Trinajstić information content (AvgIpc) is 2.94. The number of ketones is 2. The highest BCUT2D eigenvalue weighted by Gasteiger charge is 2.68. The summed E-state index contributed by atoms with van der Waals surface area (Å²) in [5.74, 6) is -9.06. The smallest absolute Gasteiger partial charge is 0.294 e. The number of hydrogen-bond donors (Lipinski definition) is 8. The van der Waals surface area contributed by atoms with Crippen LogP contribution in [-0.2, 0) is 24.5 Å². The number of hydrogen-bond acceptors (Lipinski definition) is 13. The normalized spacial score (nSPS) is 27.7. The number of amides is 1. The van der Waals surface area contributed by atoms with E-state index in [0.29, 0.717) is 5.56 Å². The van der Waals surface area contributed by atoms with Gasteiger partial charge >= 0.3 is 0 Å². The summed E-state index contributed by atoms with van der Waals surface area (Å²) >= 11 is 0. The van der Waals surface area contributed by atoms with Crippen LogP contribution in [0.3, 0.4) is 0 Å². The van der Waals surface area contributed by atoms with Gasteiger partial charge in [0.05, 0.1) is 35.6 Å². The summed E-state index contributed by atoms with van der Waals surface area (Å²) in [5.41, 5.74) is 1.47. The predicted molar refractivity (Wildman–Crippen MR) is 155 cm³/mol. The van der Waals surface area contributed by atoms with Crippen LogP contribution in [-0.4, -0.2) is 105 Å². The lowest BCUT2D eigenvalue weighted by Crippen LogP contribution is -2.70. The molecule has 45 heavy (non-hydrogen) atoms. The quantitative estimate of drug-likeness (QED) is 0.162. The van der Waals surface area contributed by atoms with Gasteiger partial charge in [-0.3, -0.25) is 23.8 Å².